The first-order chi connectivity index (χ1) is 14.7. The molecular weight excluding hydrogens is 520 g/mol. The zero-order valence-electron chi connectivity index (χ0n) is 15.7. The van der Waals surface area contributed by atoms with Gasteiger partial charge in [0, 0.05) is 4.88 Å². The van der Waals surface area contributed by atoms with Crippen LogP contribution in [0.2, 0.25) is 0 Å². The molecule has 2 N–H and O–H groups in total. The summed E-state index contributed by atoms with van der Waals surface area (Å²) in [6.45, 7) is 1.77. The van der Waals surface area contributed by atoms with E-state index >= 15 is 0 Å². The van der Waals surface area contributed by atoms with Crippen molar-refractivity contribution in [2.45, 2.75) is 6.92 Å². The number of nitrogens with one attached hydrogen (secondary N) is 2. The van der Waals surface area contributed by atoms with Crippen LogP contribution in [0.1, 0.15) is 17.3 Å². The van der Waals surface area contributed by atoms with Gasteiger partial charge in [-0.3, -0.25) is 0 Å². The Morgan fingerprint density at radius 3 is 2.26 bits per heavy atom. The molecule has 3 aromatic rings. The van der Waals surface area contributed by atoms with E-state index in [1.54, 1.807) is 13.0 Å². The van der Waals surface area contributed by atoms with Crippen LogP contribution in [0.5, 0.6) is 0 Å². The standard InChI is InChI=1S/C20H13BrF4N2O2S2/c1-2-29-19(28)10-8-11(9-6-4-3-5-7-9)31-18(10)27-20(30)26-17-15(24)13(22)12(21)14(23)16(17)25/h3-8H,2H2,1H3,(H2,26,27,30). The number of carbonyl (C=O) groups is 1. The molecule has 0 amide bonds. The quantitative estimate of drug-likeness (QED) is 0.125. The lowest BCUT2D eigenvalue weighted by Gasteiger charge is -2.13. The summed E-state index contributed by atoms with van der Waals surface area (Å²) in [5, 5.41) is 4.60. The lowest BCUT2D eigenvalue weighted by Crippen LogP contribution is -2.22. The van der Waals surface area contributed by atoms with Gasteiger partial charge in [0.05, 0.1) is 16.6 Å². The van der Waals surface area contributed by atoms with Crippen molar-refractivity contribution in [3.8, 4) is 10.4 Å². The molecule has 0 aliphatic rings. The fraction of sp³-hybridized carbons (Fsp3) is 0.100. The van der Waals surface area contributed by atoms with Crippen LogP contribution < -0.4 is 10.6 Å². The van der Waals surface area contributed by atoms with Crippen molar-refractivity contribution in [3.05, 3.63) is 69.7 Å². The largest absolute Gasteiger partial charge is 0.462 e. The monoisotopic (exact) mass is 532 g/mol. The zero-order valence-corrected chi connectivity index (χ0v) is 18.9. The normalized spacial score (nSPS) is 10.6. The van der Waals surface area contributed by atoms with Crippen LogP contribution in [-0.2, 0) is 4.74 Å². The number of carbonyl (C=O) groups excluding carboxylic acids is 1. The number of thiophene rings is 1. The maximum Gasteiger partial charge on any atom is 0.341 e. The number of esters is 1. The molecule has 162 valence electrons. The van der Waals surface area contributed by atoms with Gasteiger partial charge in [0.25, 0.3) is 0 Å². The molecule has 0 bridgehead atoms. The van der Waals surface area contributed by atoms with Gasteiger partial charge in [-0.15, -0.1) is 11.3 Å². The molecular formula is C20H13BrF4N2O2S2. The number of benzene rings is 2. The molecule has 2 aromatic carbocycles. The Balaban J connectivity index is 1.92. The van der Waals surface area contributed by atoms with Crippen LogP contribution in [0, 0.1) is 23.3 Å². The Morgan fingerprint density at radius 1 is 1.06 bits per heavy atom. The van der Waals surface area contributed by atoms with Gasteiger partial charge in [-0.1, -0.05) is 30.3 Å². The Labute approximate surface area is 192 Å². The summed E-state index contributed by atoms with van der Waals surface area (Å²) in [6.07, 6.45) is 0. The number of hydrogen-bond donors (Lipinski definition) is 2. The first kappa shape index (κ1) is 23.2. The first-order valence-electron chi connectivity index (χ1n) is 8.70. The van der Waals surface area contributed by atoms with Gasteiger partial charge >= 0.3 is 5.97 Å². The average molecular weight is 533 g/mol. The minimum absolute atomic E-state index is 0.130. The van der Waals surface area contributed by atoms with Gasteiger partial charge < -0.3 is 15.4 Å². The van der Waals surface area contributed by atoms with Crippen molar-refractivity contribution in [3.63, 3.8) is 0 Å². The molecule has 1 heterocycles. The predicted octanol–water partition coefficient (Wildman–Crippen LogP) is 6.72. The van der Waals surface area contributed by atoms with E-state index in [9.17, 15) is 22.4 Å². The second-order valence-corrected chi connectivity index (χ2v) is 8.22. The van der Waals surface area contributed by atoms with Crippen LogP contribution in [-0.4, -0.2) is 17.7 Å². The fourth-order valence-electron chi connectivity index (χ4n) is 2.55. The van der Waals surface area contributed by atoms with E-state index in [0.717, 1.165) is 16.9 Å². The SMILES string of the molecule is CCOC(=O)c1cc(-c2ccccc2)sc1NC(=S)Nc1c(F)c(F)c(Br)c(F)c1F. The molecule has 11 heteroatoms. The minimum Gasteiger partial charge on any atom is -0.462 e. The van der Waals surface area contributed by atoms with Crippen molar-refractivity contribution in [1.29, 1.82) is 0 Å². The number of thiocarbonyl (C=S) groups is 1. The first-order valence-corrected chi connectivity index (χ1v) is 10.7. The van der Waals surface area contributed by atoms with E-state index in [1.165, 1.54) is 0 Å². The fourth-order valence-corrected chi connectivity index (χ4v) is 4.22. The van der Waals surface area contributed by atoms with Gasteiger partial charge in [0.1, 0.15) is 10.7 Å². The molecule has 0 unspecified atom stereocenters. The summed E-state index contributed by atoms with van der Waals surface area (Å²) in [6, 6.07) is 10.7. The van der Waals surface area contributed by atoms with Crippen LogP contribution in [0.15, 0.2) is 40.9 Å². The summed E-state index contributed by atoms with van der Waals surface area (Å²) in [5.74, 6) is -7.17. The van der Waals surface area contributed by atoms with Crippen LogP contribution >= 0.6 is 39.5 Å². The zero-order chi connectivity index (χ0) is 22.7. The Morgan fingerprint density at radius 2 is 1.68 bits per heavy atom. The highest BCUT2D eigenvalue weighted by Gasteiger charge is 2.25. The molecule has 3 rings (SSSR count). The van der Waals surface area contributed by atoms with E-state index in [1.807, 2.05) is 30.3 Å². The Hall–Kier alpha value is -2.50. The third kappa shape index (κ3) is 4.89. The Kier molecular flexibility index (Phi) is 7.29. The number of rotatable bonds is 5. The van der Waals surface area contributed by atoms with Gasteiger partial charge in [0.2, 0.25) is 0 Å². The highest BCUT2D eigenvalue weighted by Crippen LogP contribution is 2.36. The molecule has 4 nitrogen and oxygen atoms in total. The van der Waals surface area contributed by atoms with Crippen molar-refractivity contribution in [1.82, 2.24) is 0 Å². The van der Waals surface area contributed by atoms with Crippen LogP contribution in [0.4, 0.5) is 28.3 Å². The van der Waals surface area contributed by atoms with Gasteiger partial charge in [-0.05, 0) is 46.7 Å². The van der Waals surface area contributed by atoms with Gasteiger partial charge in [0.15, 0.2) is 28.4 Å². The lowest BCUT2D eigenvalue weighted by atomic mass is 10.1. The third-order valence-corrected chi connectivity index (χ3v) is 5.96. The van der Waals surface area contributed by atoms with E-state index in [-0.39, 0.29) is 22.3 Å². The second kappa shape index (κ2) is 9.75. The Bertz CT molecular complexity index is 1130. The summed E-state index contributed by atoms with van der Waals surface area (Å²) in [5.41, 5.74) is -0.142. The van der Waals surface area contributed by atoms with Crippen molar-refractivity contribution in [2.24, 2.45) is 0 Å². The molecule has 0 saturated heterocycles. The molecule has 0 saturated carbocycles. The maximum absolute atomic E-state index is 14.1. The maximum atomic E-state index is 14.1. The molecule has 0 spiro atoms. The van der Waals surface area contributed by atoms with E-state index < -0.39 is 39.4 Å². The van der Waals surface area contributed by atoms with Gasteiger partial charge in [-0.25, -0.2) is 22.4 Å². The molecule has 0 aliphatic heterocycles. The van der Waals surface area contributed by atoms with Crippen molar-refractivity contribution < 1.29 is 27.1 Å². The molecule has 31 heavy (non-hydrogen) atoms. The van der Waals surface area contributed by atoms with E-state index in [0.29, 0.717) is 4.88 Å². The molecule has 1 aromatic heterocycles. The second-order valence-electron chi connectivity index (χ2n) is 5.96. The number of anilines is 2. The summed E-state index contributed by atoms with van der Waals surface area (Å²) < 4.78 is 59.8. The van der Waals surface area contributed by atoms with Gasteiger partial charge in [-0.2, -0.15) is 0 Å². The summed E-state index contributed by atoms with van der Waals surface area (Å²) >= 11 is 8.62. The highest BCUT2D eigenvalue weighted by molar-refractivity contribution is 9.10. The minimum atomic E-state index is -1.66. The number of ether oxygens (including phenoxy) is 1. The van der Waals surface area contributed by atoms with Crippen molar-refractivity contribution in [2.75, 3.05) is 17.2 Å². The number of hydrogen-bond acceptors (Lipinski definition) is 4. The van der Waals surface area contributed by atoms with Crippen LogP contribution in [0.3, 0.4) is 0 Å². The molecule has 0 fully saturated rings. The molecule has 0 atom stereocenters. The summed E-state index contributed by atoms with van der Waals surface area (Å²) in [7, 11) is 0. The smallest absolute Gasteiger partial charge is 0.341 e. The highest BCUT2D eigenvalue weighted by atomic mass is 79.9. The van der Waals surface area contributed by atoms with E-state index in [2.05, 4.69) is 26.6 Å². The van der Waals surface area contributed by atoms with Crippen molar-refractivity contribution >= 4 is 61.3 Å². The molecule has 0 radical (unpaired) electrons. The third-order valence-electron chi connectivity index (χ3n) is 3.96. The summed E-state index contributed by atoms with van der Waals surface area (Å²) in [4.78, 5) is 13.0. The average Bonchev–Trinajstić information content (AvgIpc) is 3.18. The lowest BCUT2D eigenvalue weighted by molar-refractivity contribution is 0.0528. The van der Waals surface area contributed by atoms with Crippen LogP contribution in [0.25, 0.3) is 10.4 Å². The number of halogens is 5. The van der Waals surface area contributed by atoms with E-state index in [4.69, 9.17) is 17.0 Å². The topological polar surface area (TPSA) is 50.4 Å². The predicted molar refractivity (Wildman–Crippen MR) is 120 cm³/mol. The molecule has 0 aliphatic carbocycles.